The molecule has 0 saturated carbocycles. The minimum Gasteiger partial charge on any atom is -0.497 e. The molecule has 0 radical (unpaired) electrons. The molecule has 0 atom stereocenters. The zero-order chi connectivity index (χ0) is 18.5. The van der Waals surface area contributed by atoms with Gasteiger partial charge in [-0.15, -0.1) is 0 Å². The minimum atomic E-state index is -0.353. The summed E-state index contributed by atoms with van der Waals surface area (Å²) >= 11 is 9.63. The Morgan fingerprint density at radius 2 is 1.77 bits per heavy atom. The van der Waals surface area contributed by atoms with Crippen molar-refractivity contribution in [2.75, 3.05) is 12.4 Å². The average Bonchev–Trinajstić information content (AvgIpc) is 2.66. The van der Waals surface area contributed by atoms with Gasteiger partial charge in [0.15, 0.2) is 5.82 Å². The number of nitrogens with zero attached hydrogens (tertiary/aromatic N) is 2. The lowest BCUT2D eigenvalue weighted by molar-refractivity contribution is 0.102. The van der Waals surface area contributed by atoms with Crippen LogP contribution in [-0.4, -0.2) is 23.0 Å². The zero-order valence-corrected chi connectivity index (χ0v) is 15.9. The molecule has 0 aliphatic rings. The van der Waals surface area contributed by atoms with Crippen LogP contribution in [0.4, 0.5) is 5.82 Å². The molecule has 3 aromatic rings. The van der Waals surface area contributed by atoms with E-state index in [1.807, 2.05) is 6.07 Å². The normalized spacial score (nSPS) is 10.3. The van der Waals surface area contributed by atoms with Crippen molar-refractivity contribution < 1.29 is 14.3 Å². The standard InChI is InChI=1S/C18H13BrClN3O3/c1-25-11-6-8-12(9-7-11)26-18-15(20)16(21-10-22-18)23-17(24)13-4-2-3-5-14(13)19/h2-10H,1H3,(H,21,22,23,24). The van der Waals surface area contributed by atoms with Gasteiger partial charge in [-0.25, -0.2) is 4.98 Å². The van der Waals surface area contributed by atoms with Crippen LogP contribution in [-0.2, 0) is 0 Å². The summed E-state index contributed by atoms with van der Waals surface area (Å²) in [6.45, 7) is 0. The Bertz CT molecular complexity index is 935. The number of hydrogen-bond acceptors (Lipinski definition) is 5. The minimum absolute atomic E-state index is 0.101. The fraction of sp³-hybridized carbons (Fsp3) is 0.0556. The Hall–Kier alpha value is -2.64. The highest BCUT2D eigenvalue weighted by Gasteiger charge is 2.16. The molecule has 0 fully saturated rings. The van der Waals surface area contributed by atoms with Gasteiger partial charge in [-0.05, 0) is 52.3 Å². The third-order valence-electron chi connectivity index (χ3n) is 3.38. The van der Waals surface area contributed by atoms with E-state index in [0.29, 0.717) is 21.5 Å². The largest absolute Gasteiger partial charge is 0.497 e. The lowest BCUT2D eigenvalue weighted by atomic mass is 10.2. The summed E-state index contributed by atoms with van der Waals surface area (Å²) in [6, 6.07) is 14.0. The van der Waals surface area contributed by atoms with Crippen LogP contribution in [0.3, 0.4) is 0 Å². The predicted molar refractivity (Wildman–Crippen MR) is 102 cm³/mol. The Morgan fingerprint density at radius 1 is 1.08 bits per heavy atom. The maximum atomic E-state index is 12.4. The summed E-state index contributed by atoms with van der Waals surface area (Å²) in [5.41, 5.74) is 0.458. The first-order chi connectivity index (χ1) is 12.6. The smallest absolute Gasteiger partial charge is 0.258 e. The van der Waals surface area contributed by atoms with E-state index in [9.17, 15) is 4.79 Å². The van der Waals surface area contributed by atoms with Crippen LogP contribution in [0.15, 0.2) is 59.3 Å². The molecule has 3 rings (SSSR count). The van der Waals surface area contributed by atoms with Gasteiger partial charge in [-0.1, -0.05) is 23.7 Å². The molecule has 1 N–H and O–H groups in total. The molecule has 0 aliphatic heterocycles. The second-order valence-corrected chi connectivity index (χ2v) is 6.29. The van der Waals surface area contributed by atoms with Crippen molar-refractivity contribution in [3.05, 3.63) is 69.9 Å². The molecule has 0 unspecified atom stereocenters. The first kappa shape index (κ1) is 18.2. The third-order valence-corrected chi connectivity index (χ3v) is 4.41. The Balaban J connectivity index is 1.80. The number of aromatic nitrogens is 2. The molecule has 0 bridgehead atoms. The number of hydrogen-bond donors (Lipinski definition) is 1. The Morgan fingerprint density at radius 3 is 2.46 bits per heavy atom. The number of carbonyl (C=O) groups excluding carboxylic acids is 1. The SMILES string of the molecule is COc1ccc(Oc2ncnc(NC(=O)c3ccccc3Br)c2Cl)cc1. The number of amides is 1. The van der Waals surface area contributed by atoms with Crippen molar-refractivity contribution in [1.82, 2.24) is 9.97 Å². The van der Waals surface area contributed by atoms with E-state index in [4.69, 9.17) is 21.1 Å². The van der Waals surface area contributed by atoms with E-state index in [1.54, 1.807) is 49.6 Å². The fourth-order valence-electron chi connectivity index (χ4n) is 2.09. The number of ether oxygens (including phenoxy) is 2. The van der Waals surface area contributed by atoms with Crippen LogP contribution in [0.25, 0.3) is 0 Å². The van der Waals surface area contributed by atoms with E-state index in [-0.39, 0.29) is 22.6 Å². The van der Waals surface area contributed by atoms with Crippen molar-refractivity contribution in [3.8, 4) is 17.4 Å². The topological polar surface area (TPSA) is 73.3 Å². The summed E-state index contributed by atoms with van der Waals surface area (Å²) in [7, 11) is 1.58. The number of halogens is 2. The number of benzene rings is 2. The number of carbonyl (C=O) groups is 1. The predicted octanol–water partition coefficient (Wildman–Crippen LogP) is 4.95. The lowest BCUT2D eigenvalue weighted by Gasteiger charge is -2.11. The molecule has 2 aromatic carbocycles. The van der Waals surface area contributed by atoms with Crippen LogP contribution < -0.4 is 14.8 Å². The van der Waals surface area contributed by atoms with Crippen LogP contribution in [0, 0.1) is 0 Å². The molecule has 0 aliphatic carbocycles. The van der Waals surface area contributed by atoms with Crippen molar-refractivity contribution >= 4 is 39.3 Å². The fourth-order valence-corrected chi connectivity index (χ4v) is 2.74. The van der Waals surface area contributed by atoms with Crippen molar-refractivity contribution in [1.29, 1.82) is 0 Å². The van der Waals surface area contributed by atoms with E-state index in [1.165, 1.54) is 6.33 Å². The number of methoxy groups -OCH3 is 1. The summed E-state index contributed by atoms with van der Waals surface area (Å²) < 4.78 is 11.4. The quantitative estimate of drug-likeness (QED) is 0.615. The molecule has 1 amide bonds. The highest BCUT2D eigenvalue weighted by molar-refractivity contribution is 9.10. The van der Waals surface area contributed by atoms with E-state index in [2.05, 4.69) is 31.2 Å². The van der Waals surface area contributed by atoms with E-state index in [0.717, 1.165) is 0 Å². The van der Waals surface area contributed by atoms with Crippen LogP contribution in [0.1, 0.15) is 10.4 Å². The molecule has 1 aromatic heterocycles. The van der Waals surface area contributed by atoms with Gasteiger partial charge in [0.05, 0.1) is 12.7 Å². The maximum Gasteiger partial charge on any atom is 0.258 e. The maximum absolute atomic E-state index is 12.4. The average molecular weight is 435 g/mol. The molecule has 26 heavy (non-hydrogen) atoms. The van der Waals surface area contributed by atoms with Crippen LogP contribution in [0.5, 0.6) is 17.4 Å². The summed E-state index contributed by atoms with van der Waals surface area (Å²) in [6.07, 6.45) is 1.26. The van der Waals surface area contributed by atoms with Gasteiger partial charge in [0.2, 0.25) is 5.88 Å². The Labute approximate surface area is 163 Å². The molecule has 8 heteroatoms. The zero-order valence-electron chi connectivity index (χ0n) is 13.6. The van der Waals surface area contributed by atoms with Crippen molar-refractivity contribution in [3.63, 3.8) is 0 Å². The molecule has 0 saturated heterocycles. The third kappa shape index (κ3) is 4.12. The molecule has 1 heterocycles. The number of nitrogens with one attached hydrogen (secondary N) is 1. The highest BCUT2D eigenvalue weighted by Crippen LogP contribution is 2.32. The van der Waals surface area contributed by atoms with Crippen molar-refractivity contribution in [2.45, 2.75) is 0 Å². The van der Waals surface area contributed by atoms with Gasteiger partial charge in [-0.3, -0.25) is 4.79 Å². The van der Waals surface area contributed by atoms with Gasteiger partial charge in [0, 0.05) is 4.47 Å². The van der Waals surface area contributed by atoms with Crippen LogP contribution in [0.2, 0.25) is 5.02 Å². The lowest BCUT2D eigenvalue weighted by Crippen LogP contribution is -2.14. The molecular weight excluding hydrogens is 422 g/mol. The second kappa shape index (κ2) is 8.16. The monoisotopic (exact) mass is 433 g/mol. The van der Waals surface area contributed by atoms with Gasteiger partial charge < -0.3 is 14.8 Å². The second-order valence-electron chi connectivity index (χ2n) is 5.05. The Kier molecular flexibility index (Phi) is 5.70. The molecule has 0 spiro atoms. The van der Waals surface area contributed by atoms with Gasteiger partial charge in [-0.2, -0.15) is 4.98 Å². The first-order valence-electron chi connectivity index (χ1n) is 7.47. The van der Waals surface area contributed by atoms with E-state index >= 15 is 0 Å². The summed E-state index contributed by atoms with van der Waals surface area (Å²) in [5.74, 6) is 1.16. The molecule has 132 valence electrons. The summed E-state index contributed by atoms with van der Waals surface area (Å²) in [4.78, 5) is 20.4. The van der Waals surface area contributed by atoms with E-state index < -0.39 is 0 Å². The van der Waals surface area contributed by atoms with Gasteiger partial charge in [0.25, 0.3) is 5.91 Å². The highest BCUT2D eigenvalue weighted by atomic mass is 79.9. The van der Waals surface area contributed by atoms with Gasteiger partial charge in [0.1, 0.15) is 22.8 Å². The number of rotatable bonds is 5. The van der Waals surface area contributed by atoms with Gasteiger partial charge >= 0.3 is 0 Å². The number of anilines is 1. The van der Waals surface area contributed by atoms with Crippen LogP contribution >= 0.6 is 27.5 Å². The first-order valence-corrected chi connectivity index (χ1v) is 8.64. The molecule has 6 nitrogen and oxygen atoms in total. The summed E-state index contributed by atoms with van der Waals surface area (Å²) in [5, 5.41) is 2.76. The molecular formula is C18H13BrClN3O3. The van der Waals surface area contributed by atoms with Crippen molar-refractivity contribution in [2.24, 2.45) is 0 Å².